The molecule has 1 N–H and O–H groups in total. The highest BCUT2D eigenvalue weighted by molar-refractivity contribution is 4.92. The van der Waals surface area contributed by atoms with E-state index in [4.69, 9.17) is 18.9 Å². The highest BCUT2D eigenvalue weighted by Crippen LogP contribution is 2.36. The van der Waals surface area contributed by atoms with Crippen LogP contribution in [0.2, 0.25) is 0 Å². The van der Waals surface area contributed by atoms with Crippen molar-refractivity contribution in [1.29, 1.82) is 0 Å². The van der Waals surface area contributed by atoms with Gasteiger partial charge in [-0.3, -0.25) is 0 Å². The molecule has 2 rings (SSSR count). The lowest BCUT2D eigenvalue weighted by Crippen LogP contribution is -2.45. The fraction of sp³-hybridized carbons (Fsp3) is 1.00. The fourth-order valence-corrected chi connectivity index (χ4v) is 3.42. The quantitative estimate of drug-likeness (QED) is 0.691. The Labute approximate surface area is 140 Å². The Morgan fingerprint density at radius 2 is 1.65 bits per heavy atom. The summed E-state index contributed by atoms with van der Waals surface area (Å²) < 4.78 is 23.4. The minimum absolute atomic E-state index is 0.0889. The van der Waals surface area contributed by atoms with Crippen LogP contribution in [0.5, 0.6) is 0 Å². The van der Waals surface area contributed by atoms with Crippen LogP contribution in [-0.2, 0) is 18.9 Å². The molecule has 0 aromatic carbocycles. The summed E-state index contributed by atoms with van der Waals surface area (Å²) in [7, 11) is 0. The van der Waals surface area contributed by atoms with E-state index in [-0.39, 0.29) is 18.3 Å². The SMILES string of the molecule is CCCCCCC[C@H]1OC(C)(C)O[C@H]1[C@@H](O)[C@H]1COC(C)(C)O1. The topological polar surface area (TPSA) is 57.2 Å². The first kappa shape index (κ1) is 19.1. The summed E-state index contributed by atoms with van der Waals surface area (Å²) in [6.07, 6.45) is 5.43. The smallest absolute Gasteiger partial charge is 0.163 e. The van der Waals surface area contributed by atoms with Gasteiger partial charge in [0.05, 0.1) is 12.7 Å². The maximum Gasteiger partial charge on any atom is 0.163 e. The molecule has 0 spiro atoms. The van der Waals surface area contributed by atoms with Crippen molar-refractivity contribution in [2.75, 3.05) is 6.61 Å². The fourth-order valence-electron chi connectivity index (χ4n) is 3.42. The monoisotopic (exact) mass is 330 g/mol. The predicted molar refractivity (Wildman–Crippen MR) is 88.1 cm³/mol. The summed E-state index contributed by atoms with van der Waals surface area (Å²) in [5.74, 6) is -1.30. The van der Waals surface area contributed by atoms with Crippen molar-refractivity contribution in [3.63, 3.8) is 0 Å². The Hall–Kier alpha value is -0.200. The summed E-state index contributed by atoms with van der Waals surface area (Å²) in [6, 6.07) is 0. The first-order valence-electron chi connectivity index (χ1n) is 9.09. The van der Waals surface area contributed by atoms with Crippen molar-refractivity contribution in [3.05, 3.63) is 0 Å². The number of rotatable bonds is 8. The molecular formula is C18H34O5. The molecule has 2 aliphatic rings. The molecular weight excluding hydrogens is 296 g/mol. The van der Waals surface area contributed by atoms with Gasteiger partial charge in [-0.05, 0) is 34.1 Å². The lowest BCUT2D eigenvalue weighted by molar-refractivity contribution is -0.178. The van der Waals surface area contributed by atoms with Crippen molar-refractivity contribution < 1.29 is 24.1 Å². The van der Waals surface area contributed by atoms with E-state index in [0.29, 0.717) is 6.61 Å². The van der Waals surface area contributed by atoms with Crippen molar-refractivity contribution in [1.82, 2.24) is 0 Å². The molecule has 0 amide bonds. The molecule has 2 aliphatic heterocycles. The zero-order chi connectivity index (χ0) is 17.1. The Balaban J connectivity index is 1.89. The second-order valence-corrected chi connectivity index (χ2v) is 7.70. The molecule has 4 atom stereocenters. The summed E-state index contributed by atoms with van der Waals surface area (Å²) in [4.78, 5) is 0. The van der Waals surface area contributed by atoms with E-state index in [0.717, 1.165) is 12.8 Å². The van der Waals surface area contributed by atoms with Crippen LogP contribution < -0.4 is 0 Å². The van der Waals surface area contributed by atoms with Crippen molar-refractivity contribution >= 4 is 0 Å². The molecule has 5 nitrogen and oxygen atoms in total. The van der Waals surface area contributed by atoms with E-state index in [2.05, 4.69) is 6.92 Å². The van der Waals surface area contributed by atoms with Gasteiger partial charge in [-0.2, -0.15) is 0 Å². The maximum absolute atomic E-state index is 10.7. The molecule has 136 valence electrons. The van der Waals surface area contributed by atoms with E-state index in [1.165, 1.54) is 25.7 Å². The van der Waals surface area contributed by atoms with Crippen LogP contribution in [0.25, 0.3) is 0 Å². The van der Waals surface area contributed by atoms with Gasteiger partial charge < -0.3 is 24.1 Å². The highest BCUT2D eigenvalue weighted by atomic mass is 16.8. The molecule has 0 radical (unpaired) electrons. The molecule has 23 heavy (non-hydrogen) atoms. The average Bonchev–Trinajstić information content (AvgIpc) is 2.97. The Kier molecular flexibility index (Phi) is 6.48. The van der Waals surface area contributed by atoms with E-state index >= 15 is 0 Å². The molecule has 0 aliphatic carbocycles. The second-order valence-electron chi connectivity index (χ2n) is 7.70. The first-order valence-corrected chi connectivity index (χ1v) is 9.09. The molecule has 2 saturated heterocycles. The molecule has 2 heterocycles. The van der Waals surface area contributed by atoms with Gasteiger partial charge in [0.2, 0.25) is 0 Å². The molecule has 5 heteroatoms. The van der Waals surface area contributed by atoms with Crippen molar-refractivity contribution in [2.24, 2.45) is 0 Å². The highest BCUT2D eigenvalue weighted by Gasteiger charge is 2.49. The van der Waals surface area contributed by atoms with Crippen LogP contribution in [0.3, 0.4) is 0 Å². The maximum atomic E-state index is 10.7. The second kappa shape index (κ2) is 7.79. The summed E-state index contributed by atoms with van der Waals surface area (Å²) in [5.41, 5.74) is 0. The summed E-state index contributed by atoms with van der Waals surface area (Å²) in [6.45, 7) is 10.1. The Bertz CT molecular complexity index is 368. The molecule has 0 aromatic rings. The first-order chi connectivity index (χ1) is 10.7. The number of ether oxygens (including phenoxy) is 4. The lowest BCUT2D eigenvalue weighted by Gasteiger charge is -2.27. The third kappa shape index (κ3) is 5.40. The molecule has 0 unspecified atom stereocenters. The number of hydrogen-bond donors (Lipinski definition) is 1. The van der Waals surface area contributed by atoms with Gasteiger partial charge in [-0.15, -0.1) is 0 Å². The van der Waals surface area contributed by atoms with Crippen LogP contribution in [0.1, 0.15) is 73.1 Å². The van der Waals surface area contributed by atoms with Gasteiger partial charge in [-0.25, -0.2) is 0 Å². The van der Waals surface area contributed by atoms with E-state index in [9.17, 15) is 5.11 Å². The van der Waals surface area contributed by atoms with Gasteiger partial charge in [0.15, 0.2) is 11.6 Å². The molecule has 0 saturated carbocycles. The molecule has 0 bridgehead atoms. The average molecular weight is 330 g/mol. The van der Waals surface area contributed by atoms with E-state index in [1.54, 1.807) is 0 Å². The predicted octanol–water partition coefficient (Wildman–Crippen LogP) is 3.38. The van der Waals surface area contributed by atoms with Gasteiger partial charge >= 0.3 is 0 Å². The van der Waals surface area contributed by atoms with Crippen LogP contribution in [0, 0.1) is 0 Å². The van der Waals surface area contributed by atoms with E-state index in [1.807, 2.05) is 27.7 Å². The third-order valence-electron chi connectivity index (χ3n) is 4.56. The lowest BCUT2D eigenvalue weighted by atomic mass is 9.98. The number of hydrogen-bond acceptors (Lipinski definition) is 5. The van der Waals surface area contributed by atoms with Gasteiger partial charge in [0.1, 0.15) is 18.3 Å². The van der Waals surface area contributed by atoms with Gasteiger partial charge in [0.25, 0.3) is 0 Å². The van der Waals surface area contributed by atoms with Gasteiger partial charge in [0, 0.05) is 0 Å². The Morgan fingerprint density at radius 3 is 2.26 bits per heavy atom. The van der Waals surface area contributed by atoms with Crippen LogP contribution >= 0.6 is 0 Å². The largest absolute Gasteiger partial charge is 0.387 e. The van der Waals surface area contributed by atoms with Crippen LogP contribution in [0.15, 0.2) is 0 Å². The normalized spacial score (nSPS) is 33.9. The van der Waals surface area contributed by atoms with Crippen LogP contribution in [0.4, 0.5) is 0 Å². The van der Waals surface area contributed by atoms with Crippen LogP contribution in [-0.4, -0.2) is 47.7 Å². The summed E-state index contributed by atoms with van der Waals surface area (Å²) in [5, 5.41) is 10.7. The minimum Gasteiger partial charge on any atom is -0.387 e. The number of aliphatic hydroxyl groups excluding tert-OH is 1. The number of unbranched alkanes of at least 4 members (excludes halogenated alkanes) is 4. The van der Waals surface area contributed by atoms with Crippen molar-refractivity contribution in [3.8, 4) is 0 Å². The zero-order valence-corrected chi connectivity index (χ0v) is 15.3. The summed E-state index contributed by atoms with van der Waals surface area (Å²) >= 11 is 0. The molecule has 0 aromatic heterocycles. The Morgan fingerprint density at radius 1 is 0.957 bits per heavy atom. The number of aliphatic hydroxyl groups is 1. The zero-order valence-electron chi connectivity index (χ0n) is 15.3. The minimum atomic E-state index is -0.737. The molecule has 2 fully saturated rings. The van der Waals surface area contributed by atoms with Crippen molar-refractivity contribution in [2.45, 2.75) is 109 Å². The van der Waals surface area contributed by atoms with Gasteiger partial charge in [-0.1, -0.05) is 39.0 Å². The third-order valence-corrected chi connectivity index (χ3v) is 4.56. The van der Waals surface area contributed by atoms with E-state index < -0.39 is 17.7 Å². The standard InChI is InChI=1S/C18H34O5/c1-6-7-8-9-10-11-13-16(23-18(4,5)21-13)15(19)14-12-20-17(2,3)22-14/h13-16,19H,6-12H2,1-5H3/t13-,14-,15+,16-/m1/s1.